The fourth-order valence-corrected chi connectivity index (χ4v) is 2.81. The van der Waals surface area contributed by atoms with Gasteiger partial charge >= 0.3 is 5.97 Å². The number of hydroxylamine groups is 2. The van der Waals surface area contributed by atoms with E-state index in [-0.39, 0.29) is 12.6 Å². The van der Waals surface area contributed by atoms with Gasteiger partial charge in [-0.3, -0.25) is 4.79 Å². The lowest BCUT2D eigenvalue weighted by Crippen LogP contribution is -2.48. The monoisotopic (exact) mass is 198 g/mol. The summed E-state index contributed by atoms with van der Waals surface area (Å²) in [5.74, 6) is -0.919. The van der Waals surface area contributed by atoms with Gasteiger partial charge in [0.25, 0.3) is 0 Å². The summed E-state index contributed by atoms with van der Waals surface area (Å²) in [6, 6.07) is 0.111. The largest absolute Gasteiger partial charge is 0.785 e. The van der Waals surface area contributed by atoms with Crippen LogP contribution in [0, 0.1) is 17.0 Å². The van der Waals surface area contributed by atoms with Crippen LogP contribution >= 0.6 is 0 Å². The lowest BCUT2D eigenvalue weighted by atomic mass is 9.76. The zero-order valence-electron chi connectivity index (χ0n) is 8.19. The zero-order chi connectivity index (χ0) is 10.1. The molecule has 0 aromatic rings. The van der Waals surface area contributed by atoms with Gasteiger partial charge in [-0.1, -0.05) is 12.8 Å². The first-order valence-electron chi connectivity index (χ1n) is 5.35. The number of fused-ring (bicyclic) bond motifs is 1. The van der Waals surface area contributed by atoms with Gasteiger partial charge in [-0.15, -0.1) is 0 Å². The number of carboxylic acids is 1. The number of nitrogens with zero attached hydrogens (tertiary/aromatic N) is 1. The summed E-state index contributed by atoms with van der Waals surface area (Å²) in [5.41, 5.74) is 0. The van der Waals surface area contributed by atoms with Crippen LogP contribution in [0.15, 0.2) is 0 Å². The van der Waals surface area contributed by atoms with Crippen molar-refractivity contribution in [1.82, 2.24) is 5.06 Å². The van der Waals surface area contributed by atoms with E-state index in [2.05, 4.69) is 0 Å². The standard InChI is InChI=1S/C10H16NO3/c12-10(13)8-5-7-3-1-2-4-9(7)11(14)6-8/h7-9H,1-6H2,(H,12,13)/q-1. The molecule has 3 unspecified atom stereocenters. The molecular weight excluding hydrogens is 182 g/mol. The lowest BCUT2D eigenvalue weighted by molar-refractivity contribution is -0.145. The lowest BCUT2D eigenvalue weighted by Gasteiger charge is -2.50. The summed E-state index contributed by atoms with van der Waals surface area (Å²) >= 11 is 0. The normalized spacial score (nSPS) is 39.1. The number of aliphatic carboxylic acids is 1. The molecule has 0 aromatic heterocycles. The van der Waals surface area contributed by atoms with Crippen molar-refractivity contribution in [2.24, 2.45) is 11.8 Å². The molecule has 1 saturated carbocycles. The van der Waals surface area contributed by atoms with Crippen LogP contribution in [0.4, 0.5) is 0 Å². The summed E-state index contributed by atoms with van der Waals surface area (Å²) < 4.78 is 0. The molecular formula is C10H16NO3-. The van der Waals surface area contributed by atoms with Gasteiger partial charge in [0.2, 0.25) is 0 Å². The number of hydrogen-bond donors (Lipinski definition) is 1. The maximum Gasteiger partial charge on any atom is 0.307 e. The van der Waals surface area contributed by atoms with E-state index in [1.807, 2.05) is 0 Å². The molecule has 3 atom stereocenters. The molecule has 0 aromatic carbocycles. The summed E-state index contributed by atoms with van der Waals surface area (Å²) in [6.07, 6.45) is 4.98. The smallest absolute Gasteiger partial charge is 0.307 e. The Morgan fingerprint density at radius 1 is 1.36 bits per heavy atom. The molecule has 4 nitrogen and oxygen atoms in total. The Labute approximate surface area is 83.5 Å². The van der Waals surface area contributed by atoms with E-state index in [9.17, 15) is 10.0 Å². The van der Waals surface area contributed by atoms with E-state index < -0.39 is 11.9 Å². The number of carboxylic acid groups (broad SMARTS) is 1. The highest BCUT2D eigenvalue weighted by Gasteiger charge is 2.36. The Morgan fingerprint density at radius 3 is 2.79 bits per heavy atom. The summed E-state index contributed by atoms with van der Waals surface area (Å²) in [6.45, 7) is 0.191. The number of hydrogen-bond acceptors (Lipinski definition) is 3. The van der Waals surface area contributed by atoms with E-state index in [0.29, 0.717) is 12.3 Å². The van der Waals surface area contributed by atoms with Crippen molar-refractivity contribution in [1.29, 1.82) is 0 Å². The van der Waals surface area contributed by atoms with Gasteiger partial charge in [-0.2, -0.15) is 0 Å². The highest BCUT2D eigenvalue weighted by molar-refractivity contribution is 5.70. The highest BCUT2D eigenvalue weighted by atomic mass is 16.5. The maximum atomic E-state index is 11.6. The molecule has 1 N–H and O–H groups in total. The van der Waals surface area contributed by atoms with E-state index in [4.69, 9.17) is 5.11 Å². The third-order valence-corrected chi connectivity index (χ3v) is 3.58. The van der Waals surface area contributed by atoms with Crippen LogP contribution in [0.3, 0.4) is 0 Å². The predicted molar refractivity (Wildman–Crippen MR) is 51.6 cm³/mol. The molecule has 4 heteroatoms. The molecule has 2 fully saturated rings. The predicted octanol–water partition coefficient (Wildman–Crippen LogP) is 1.45. The van der Waals surface area contributed by atoms with Crippen LogP contribution in [-0.2, 0) is 4.79 Å². The minimum absolute atomic E-state index is 0.111. The second-order valence-electron chi connectivity index (χ2n) is 4.48. The molecule has 80 valence electrons. The summed E-state index contributed by atoms with van der Waals surface area (Å²) in [5, 5.41) is 21.5. The SMILES string of the molecule is O=C(O)C1CC2CCCCC2N([O-])C1. The minimum Gasteiger partial charge on any atom is -0.785 e. The second kappa shape index (κ2) is 3.87. The van der Waals surface area contributed by atoms with Crippen LogP contribution in [0.2, 0.25) is 0 Å². The first-order chi connectivity index (χ1) is 6.68. The Hall–Kier alpha value is -0.610. The number of rotatable bonds is 1. The third-order valence-electron chi connectivity index (χ3n) is 3.58. The van der Waals surface area contributed by atoms with Crippen molar-refractivity contribution in [3.63, 3.8) is 0 Å². The van der Waals surface area contributed by atoms with Gasteiger partial charge < -0.3 is 15.4 Å². The van der Waals surface area contributed by atoms with Crippen molar-refractivity contribution in [2.45, 2.75) is 38.1 Å². The quantitative estimate of drug-likeness (QED) is 0.692. The molecule has 14 heavy (non-hydrogen) atoms. The van der Waals surface area contributed by atoms with Crippen LogP contribution in [-0.4, -0.2) is 28.7 Å². The van der Waals surface area contributed by atoms with Gasteiger partial charge in [-0.05, 0) is 31.7 Å². The molecule has 1 heterocycles. The van der Waals surface area contributed by atoms with Gasteiger partial charge in [0, 0.05) is 6.04 Å². The maximum absolute atomic E-state index is 11.6. The molecule has 0 radical (unpaired) electrons. The Kier molecular flexibility index (Phi) is 2.74. The molecule has 2 rings (SSSR count). The van der Waals surface area contributed by atoms with Crippen molar-refractivity contribution in [3.8, 4) is 0 Å². The molecule has 1 aliphatic heterocycles. The van der Waals surface area contributed by atoms with E-state index in [1.54, 1.807) is 0 Å². The average Bonchev–Trinajstić information content (AvgIpc) is 2.17. The van der Waals surface area contributed by atoms with Crippen molar-refractivity contribution >= 4 is 5.97 Å². The van der Waals surface area contributed by atoms with E-state index in [0.717, 1.165) is 30.7 Å². The van der Waals surface area contributed by atoms with Crippen molar-refractivity contribution in [2.75, 3.05) is 6.54 Å². The average molecular weight is 198 g/mol. The van der Waals surface area contributed by atoms with Gasteiger partial charge in [0.1, 0.15) is 0 Å². The Balaban J connectivity index is 2.04. The fourth-order valence-electron chi connectivity index (χ4n) is 2.81. The fraction of sp³-hybridized carbons (Fsp3) is 0.900. The number of piperidine rings is 1. The molecule has 1 saturated heterocycles. The molecule has 1 aliphatic carbocycles. The van der Waals surface area contributed by atoms with E-state index in [1.165, 1.54) is 0 Å². The van der Waals surface area contributed by atoms with E-state index >= 15 is 0 Å². The minimum atomic E-state index is -0.810. The summed E-state index contributed by atoms with van der Waals surface area (Å²) in [4.78, 5) is 10.8. The van der Waals surface area contributed by atoms with Crippen LogP contribution in [0.1, 0.15) is 32.1 Å². The van der Waals surface area contributed by atoms with Crippen molar-refractivity contribution in [3.05, 3.63) is 5.21 Å². The second-order valence-corrected chi connectivity index (χ2v) is 4.48. The third kappa shape index (κ3) is 1.77. The van der Waals surface area contributed by atoms with Crippen LogP contribution < -0.4 is 0 Å². The van der Waals surface area contributed by atoms with Gasteiger partial charge in [0.15, 0.2) is 0 Å². The van der Waals surface area contributed by atoms with Crippen LogP contribution in [0.5, 0.6) is 0 Å². The van der Waals surface area contributed by atoms with Gasteiger partial charge in [0.05, 0.1) is 5.92 Å². The highest BCUT2D eigenvalue weighted by Crippen LogP contribution is 2.36. The van der Waals surface area contributed by atoms with Gasteiger partial charge in [-0.25, -0.2) is 0 Å². The Bertz CT molecular complexity index is 231. The molecule has 0 spiro atoms. The zero-order valence-corrected chi connectivity index (χ0v) is 8.19. The van der Waals surface area contributed by atoms with Crippen LogP contribution in [0.25, 0.3) is 0 Å². The van der Waals surface area contributed by atoms with Crippen molar-refractivity contribution < 1.29 is 9.90 Å². The number of carbonyl (C=O) groups is 1. The molecule has 0 bridgehead atoms. The summed E-state index contributed by atoms with van der Waals surface area (Å²) in [7, 11) is 0. The first-order valence-corrected chi connectivity index (χ1v) is 5.35. The Morgan fingerprint density at radius 2 is 2.07 bits per heavy atom. The first kappa shape index (κ1) is 9.93. The molecule has 0 amide bonds. The topological polar surface area (TPSA) is 63.6 Å². The molecule has 2 aliphatic rings.